The Morgan fingerprint density at radius 2 is 2.19 bits per heavy atom. The van der Waals surface area contributed by atoms with Crippen LogP contribution >= 0.6 is 11.8 Å². The van der Waals surface area contributed by atoms with E-state index in [0.29, 0.717) is 0 Å². The predicted molar refractivity (Wildman–Crippen MR) is 62.1 cm³/mol. The summed E-state index contributed by atoms with van der Waals surface area (Å²) in [6.07, 6.45) is 0. The summed E-state index contributed by atoms with van der Waals surface area (Å²) >= 11 is 1.66. The van der Waals surface area contributed by atoms with Gasteiger partial charge < -0.3 is 11.1 Å². The smallest absolute Gasteiger partial charge is 0.236 e. The van der Waals surface area contributed by atoms with Crippen LogP contribution in [-0.4, -0.2) is 24.1 Å². The minimum absolute atomic E-state index is 0.0951. The first-order chi connectivity index (χ1) is 7.68. The minimum atomic E-state index is -0.521. The van der Waals surface area contributed by atoms with Crippen molar-refractivity contribution in [3.63, 3.8) is 0 Å². The summed E-state index contributed by atoms with van der Waals surface area (Å²) in [4.78, 5) is 23.5. The summed E-state index contributed by atoms with van der Waals surface area (Å²) in [5, 5.41) is 2.54. The van der Waals surface area contributed by atoms with Crippen molar-refractivity contribution in [3.8, 4) is 0 Å². The van der Waals surface area contributed by atoms with E-state index >= 15 is 0 Å². The number of hydrogen-bond donors (Lipinski definition) is 2. The number of carbonyl (C=O) groups excluding carboxylic acids is 2. The lowest BCUT2D eigenvalue weighted by molar-refractivity contribution is -0.125. The van der Waals surface area contributed by atoms with Crippen LogP contribution in [-0.2, 0) is 9.59 Å². The molecule has 2 amide bonds. The third kappa shape index (κ3) is 2.19. The van der Waals surface area contributed by atoms with Crippen LogP contribution in [0.15, 0.2) is 29.2 Å². The Balaban J connectivity index is 2.07. The molecular weight excluding hydrogens is 224 g/mol. The van der Waals surface area contributed by atoms with Gasteiger partial charge in [0.1, 0.15) is 0 Å². The van der Waals surface area contributed by atoms with E-state index in [9.17, 15) is 9.59 Å². The van der Waals surface area contributed by atoms with Gasteiger partial charge in [-0.15, -0.1) is 11.8 Å². The van der Waals surface area contributed by atoms with Crippen molar-refractivity contribution >= 4 is 23.6 Å². The minimum Gasteiger partial charge on any atom is -0.368 e. The first-order valence-electron chi connectivity index (χ1n) is 4.96. The van der Waals surface area contributed by atoms with Gasteiger partial charge in [0.25, 0.3) is 0 Å². The molecule has 1 aromatic rings. The van der Waals surface area contributed by atoms with E-state index < -0.39 is 5.91 Å². The van der Waals surface area contributed by atoms with Gasteiger partial charge in [-0.1, -0.05) is 18.2 Å². The number of nitrogens with one attached hydrogen (secondary N) is 1. The monoisotopic (exact) mass is 236 g/mol. The number of primary amides is 1. The summed E-state index contributed by atoms with van der Waals surface area (Å²) in [5.41, 5.74) is 6.01. The Morgan fingerprint density at radius 1 is 1.44 bits per heavy atom. The molecule has 0 fully saturated rings. The van der Waals surface area contributed by atoms with Gasteiger partial charge in [0.2, 0.25) is 11.8 Å². The molecule has 3 N–H and O–H groups in total. The lowest BCUT2D eigenvalue weighted by Crippen LogP contribution is -2.36. The van der Waals surface area contributed by atoms with Crippen molar-refractivity contribution in [2.75, 3.05) is 12.3 Å². The van der Waals surface area contributed by atoms with Gasteiger partial charge in [-0.25, -0.2) is 0 Å². The number of rotatable bonds is 3. The van der Waals surface area contributed by atoms with Crippen LogP contribution in [0, 0.1) is 0 Å². The second-order valence-corrected chi connectivity index (χ2v) is 4.65. The van der Waals surface area contributed by atoms with Gasteiger partial charge in [0.15, 0.2) is 0 Å². The number of fused-ring (bicyclic) bond motifs is 1. The zero-order valence-electron chi connectivity index (χ0n) is 8.60. The summed E-state index contributed by atoms with van der Waals surface area (Å²) in [5.74, 6) is -0.0895. The molecule has 4 nitrogen and oxygen atoms in total. The lowest BCUT2D eigenvalue weighted by atomic mass is 10.0. The standard InChI is InChI=1S/C11H12N2O2S/c12-10(14)5-13-11(15)8-6-16-9-4-2-1-3-7(8)9/h1-4,8H,5-6H2,(H2,12,14)(H,13,15). The van der Waals surface area contributed by atoms with Gasteiger partial charge in [-0.05, 0) is 11.6 Å². The second-order valence-electron chi connectivity index (χ2n) is 3.59. The molecule has 0 saturated carbocycles. The lowest BCUT2D eigenvalue weighted by Gasteiger charge is -2.10. The molecule has 0 aromatic heterocycles. The van der Waals surface area contributed by atoms with E-state index in [1.54, 1.807) is 11.8 Å². The van der Waals surface area contributed by atoms with Crippen LogP contribution in [0.1, 0.15) is 11.5 Å². The zero-order chi connectivity index (χ0) is 11.5. The van der Waals surface area contributed by atoms with Gasteiger partial charge in [0.05, 0.1) is 12.5 Å². The number of nitrogens with two attached hydrogens (primary N) is 1. The molecule has 0 saturated heterocycles. The molecule has 1 atom stereocenters. The number of carbonyl (C=O) groups is 2. The predicted octanol–water partition coefficient (Wildman–Crippen LogP) is 0.477. The molecule has 0 radical (unpaired) electrons. The highest BCUT2D eigenvalue weighted by Crippen LogP contribution is 2.39. The SMILES string of the molecule is NC(=O)CNC(=O)C1CSc2ccccc21. The fourth-order valence-corrected chi connectivity index (χ4v) is 2.91. The first kappa shape index (κ1) is 11.0. The maximum atomic E-state index is 11.8. The van der Waals surface area contributed by atoms with Gasteiger partial charge >= 0.3 is 0 Å². The molecule has 1 unspecified atom stereocenters. The first-order valence-corrected chi connectivity index (χ1v) is 5.95. The van der Waals surface area contributed by atoms with Crippen LogP contribution in [0.3, 0.4) is 0 Å². The molecule has 84 valence electrons. The van der Waals surface area contributed by atoms with Crippen molar-refractivity contribution in [1.29, 1.82) is 0 Å². The Hall–Kier alpha value is -1.49. The summed E-state index contributed by atoms with van der Waals surface area (Å²) in [6, 6.07) is 7.82. The van der Waals surface area contributed by atoms with Crippen molar-refractivity contribution in [2.45, 2.75) is 10.8 Å². The van der Waals surface area contributed by atoms with Crippen LogP contribution in [0.4, 0.5) is 0 Å². The van der Waals surface area contributed by atoms with Crippen molar-refractivity contribution in [3.05, 3.63) is 29.8 Å². The fraction of sp³-hybridized carbons (Fsp3) is 0.273. The van der Waals surface area contributed by atoms with Crippen LogP contribution in [0.5, 0.6) is 0 Å². The fourth-order valence-electron chi connectivity index (χ4n) is 1.68. The van der Waals surface area contributed by atoms with Gasteiger partial charge in [-0.2, -0.15) is 0 Å². The molecule has 1 aromatic carbocycles. The van der Waals surface area contributed by atoms with Crippen LogP contribution in [0.2, 0.25) is 0 Å². The van der Waals surface area contributed by atoms with E-state index in [-0.39, 0.29) is 18.4 Å². The highest BCUT2D eigenvalue weighted by molar-refractivity contribution is 7.99. The average molecular weight is 236 g/mol. The van der Waals surface area contributed by atoms with Crippen molar-refractivity contribution < 1.29 is 9.59 Å². The van der Waals surface area contributed by atoms with Gasteiger partial charge in [-0.3, -0.25) is 9.59 Å². The quantitative estimate of drug-likeness (QED) is 0.801. The number of hydrogen-bond acceptors (Lipinski definition) is 3. The largest absolute Gasteiger partial charge is 0.368 e. The molecular formula is C11H12N2O2S. The normalized spacial score (nSPS) is 17.9. The summed E-state index contributed by atoms with van der Waals surface area (Å²) in [6.45, 7) is -0.0951. The molecule has 2 rings (SSSR count). The Morgan fingerprint density at radius 3 is 2.94 bits per heavy atom. The molecule has 1 aliphatic heterocycles. The highest BCUT2D eigenvalue weighted by atomic mass is 32.2. The van der Waals surface area contributed by atoms with E-state index in [1.165, 1.54) is 0 Å². The summed E-state index contributed by atoms with van der Waals surface area (Å²) < 4.78 is 0. The molecule has 5 heteroatoms. The van der Waals surface area contributed by atoms with E-state index in [4.69, 9.17) is 5.73 Å². The van der Waals surface area contributed by atoms with Crippen molar-refractivity contribution in [2.24, 2.45) is 5.73 Å². The number of thioether (sulfide) groups is 1. The molecule has 1 aliphatic rings. The zero-order valence-corrected chi connectivity index (χ0v) is 9.42. The third-order valence-corrected chi connectivity index (χ3v) is 3.64. The molecule has 0 aliphatic carbocycles. The Labute approximate surface area is 97.6 Å². The maximum absolute atomic E-state index is 11.8. The average Bonchev–Trinajstić information content (AvgIpc) is 2.69. The molecule has 16 heavy (non-hydrogen) atoms. The molecule has 0 spiro atoms. The second kappa shape index (κ2) is 4.57. The van der Waals surface area contributed by atoms with Gasteiger partial charge in [0, 0.05) is 10.6 Å². The third-order valence-electron chi connectivity index (χ3n) is 2.45. The Bertz CT molecular complexity index is 434. The highest BCUT2D eigenvalue weighted by Gasteiger charge is 2.28. The van der Waals surface area contributed by atoms with E-state index in [1.807, 2.05) is 24.3 Å². The van der Waals surface area contributed by atoms with Crippen molar-refractivity contribution in [1.82, 2.24) is 5.32 Å². The van der Waals surface area contributed by atoms with E-state index in [2.05, 4.69) is 5.32 Å². The van der Waals surface area contributed by atoms with Crippen LogP contribution < -0.4 is 11.1 Å². The summed E-state index contributed by atoms with van der Waals surface area (Å²) in [7, 11) is 0. The Kier molecular flexibility index (Phi) is 3.14. The maximum Gasteiger partial charge on any atom is 0.236 e. The molecule has 0 bridgehead atoms. The topological polar surface area (TPSA) is 72.2 Å². The number of amides is 2. The number of benzene rings is 1. The van der Waals surface area contributed by atoms with E-state index in [0.717, 1.165) is 16.2 Å². The van der Waals surface area contributed by atoms with Crippen LogP contribution in [0.25, 0.3) is 0 Å². The molecule has 1 heterocycles.